The Hall–Kier alpha value is -0.0400. The second kappa shape index (κ2) is 4.86. The average molecular weight is 257 g/mol. The third kappa shape index (κ3) is 3.79. The summed E-state index contributed by atoms with van der Waals surface area (Å²) in [6, 6.07) is 0. The van der Waals surface area contributed by atoms with Gasteiger partial charge >= 0.3 is 8.17 Å². The molecule has 6 nitrogen and oxygen atoms in total. The topological polar surface area (TPSA) is 82.1 Å². The summed E-state index contributed by atoms with van der Waals surface area (Å²) in [7, 11) is -5.25. The SMILES string of the molecule is C=CCS(=O)(=O)CC1CO[P+](O)(OC)O1. The largest absolute Gasteiger partial charge is 0.572 e. The van der Waals surface area contributed by atoms with Gasteiger partial charge in [-0.25, -0.2) is 8.42 Å². The van der Waals surface area contributed by atoms with E-state index in [1.807, 2.05) is 0 Å². The molecule has 1 saturated heterocycles. The highest BCUT2D eigenvalue weighted by Crippen LogP contribution is 2.62. The molecule has 15 heavy (non-hydrogen) atoms. The number of sulfone groups is 1. The van der Waals surface area contributed by atoms with Crippen LogP contribution in [0.15, 0.2) is 12.7 Å². The molecule has 0 spiro atoms. The molecule has 0 radical (unpaired) electrons. The third-order valence-electron chi connectivity index (χ3n) is 1.75. The first-order valence-electron chi connectivity index (χ1n) is 4.22. The van der Waals surface area contributed by atoms with Gasteiger partial charge in [-0.1, -0.05) is 6.08 Å². The van der Waals surface area contributed by atoms with E-state index in [9.17, 15) is 13.3 Å². The zero-order chi connectivity index (χ0) is 11.5. The molecule has 1 heterocycles. The summed E-state index contributed by atoms with van der Waals surface area (Å²) in [4.78, 5) is 9.43. The Bertz CT molecular complexity index is 328. The van der Waals surface area contributed by atoms with Crippen LogP contribution in [0.5, 0.6) is 0 Å². The van der Waals surface area contributed by atoms with Crippen LogP contribution >= 0.6 is 8.17 Å². The second-order valence-electron chi connectivity index (χ2n) is 3.04. The molecule has 0 saturated carbocycles. The lowest BCUT2D eigenvalue weighted by Gasteiger charge is -2.06. The van der Waals surface area contributed by atoms with E-state index in [4.69, 9.17) is 9.05 Å². The standard InChI is InChI=1S/C7H14O6PS/c1-3-4-15(9,10)6-7-5-12-14(8,11-2)13-7/h3,7-8H,1,4-6H2,2H3/q+1. The summed E-state index contributed by atoms with van der Waals surface area (Å²) in [5.74, 6) is -0.318. The van der Waals surface area contributed by atoms with E-state index >= 15 is 0 Å². The minimum Gasteiger partial charge on any atom is -0.228 e. The summed E-state index contributed by atoms with van der Waals surface area (Å²) in [5.41, 5.74) is 0. The maximum atomic E-state index is 11.4. The smallest absolute Gasteiger partial charge is 0.228 e. The van der Waals surface area contributed by atoms with Crippen molar-refractivity contribution in [2.24, 2.45) is 0 Å². The van der Waals surface area contributed by atoms with Crippen molar-refractivity contribution in [1.29, 1.82) is 0 Å². The molecule has 0 amide bonds. The van der Waals surface area contributed by atoms with Gasteiger partial charge in [-0.2, -0.15) is 13.9 Å². The summed E-state index contributed by atoms with van der Waals surface area (Å²) < 4.78 is 37.2. The van der Waals surface area contributed by atoms with Crippen molar-refractivity contribution >= 4 is 18.0 Å². The third-order valence-corrected chi connectivity index (χ3v) is 4.87. The van der Waals surface area contributed by atoms with Gasteiger partial charge < -0.3 is 0 Å². The Labute approximate surface area is 89.4 Å². The lowest BCUT2D eigenvalue weighted by molar-refractivity contribution is 0.172. The Kier molecular flexibility index (Phi) is 4.22. The van der Waals surface area contributed by atoms with E-state index in [0.717, 1.165) is 0 Å². The van der Waals surface area contributed by atoms with Gasteiger partial charge in [-0.15, -0.1) is 11.1 Å². The lowest BCUT2D eigenvalue weighted by atomic mass is 10.4. The van der Waals surface area contributed by atoms with Crippen molar-refractivity contribution in [2.45, 2.75) is 6.10 Å². The molecule has 2 unspecified atom stereocenters. The summed E-state index contributed by atoms with van der Waals surface area (Å²) >= 11 is 0. The molecule has 1 aliphatic rings. The molecule has 1 N–H and O–H groups in total. The van der Waals surface area contributed by atoms with Gasteiger partial charge in [0, 0.05) is 0 Å². The van der Waals surface area contributed by atoms with E-state index < -0.39 is 24.1 Å². The molecule has 0 bridgehead atoms. The fourth-order valence-corrected chi connectivity index (χ4v) is 3.58. The van der Waals surface area contributed by atoms with Crippen molar-refractivity contribution in [3.05, 3.63) is 12.7 Å². The van der Waals surface area contributed by atoms with Crippen LogP contribution in [0, 0.1) is 0 Å². The number of hydrogen-bond acceptors (Lipinski definition) is 6. The van der Waals surface area contributed by atoms with E-state index in [0.29, 0.717) is 0 Å². The summed E-state index contributed by atoms with van der Waals surface area (Å²) in [6.07, 6.45) is 0.635. The highest BCUT2D eigenvalue weighted by atomic mass is 32.2. The molecule has 1 fully saturated rings. The van der Waals surface area contributed by atoms with Crippen molar-refractivity contribution < 1.29 is 26.9 Å². The number of rotatable bonds is 5. The fraction of sp³-hybridized carbons (Fsp3) is 0.714. The maximum absolute atomic E-state index is 11.4. The Balaban J connectivity index is 2.53. The van der Waals surface area contributed by atoms with Crippen LogP contribution in [-0.2, 0) is 23.4 Å². The van der Waals surface area contributed by atoms with Crippen LogP contribution in [-0.4, -0.2) is 44.6 Å². The molecule has 1 rings (SSSR count). The first-order chi connectivity index (χ1) is 6.91. The van der Waals surface area contributed by atoms with E-state index in [1.54, 1.807) is 0 Å². The molecule has 1 aliphatic heterocycles. The predicted molar refractivity (Wildman–Crippen MR) is 55.8 cm³/mol. The quantitative estimate of drug-likeness (QED) is 0.564. The summed E-state index contributed by atoms with van der Waals surface area (Å²) in [6.45, 7) is 3.37. The van der Waals surface area contributed by atoms with Crippen molar-refractivity contribution in [1.82, 2.24) is 0 Å². The molecular weight excluding hydrogens is 243 g/mol. The minimum atomic E-state index is -3.25. The summed E-state index contributed by atoms with van der Waals surface area (Å²) in [5, 5.41) is 0. The second-order valence-corrected chi connectivity index (χ2v) is 6.96. The number of hydrogen-bond donors (Lipinski definition) is 1. The molecule has 8 heteroatoms. The molecule has 2 atom stereocenters. The van der Waals surface area contributed by atoms with Crippen LogP contribution in [0.25, 0.3) is 0 Å². The molecule has 0 aliphatic carbocycles. The van der Waals surface area contributed by atoms with Gasteiger partial charge in [0.2, 0.25) is 0 Å². The molecular formula is C7H14O6PS+. The first kappa shape index (κ1) is 13.0. The predicted octanol–water partition coefficient (Wildman–Crippen LogP) is 0.319. The monoisotopic (exact) mass is 257 g/mol. The molecule has 0 aromatic heterocycles. The normalized spacial score (nSPS) is 31.7. The van der Waals surface area contributed by atoms with Gasteiger partial charge in [0.25, 0.3) is 0 Å². The first-order valence-corrected chi connectivity index (χ1v) is 7.54. The van der Waals surface area contributed by atoms with Gasteiger partial charge in [-0.05, 0) is 0 Å². The lowest BCUT2D eigenvalue weighted by Crippen LogP contribution is -2.24. The molecule has 0 aromatic rings. The highest BCUT2D eigenvalue weighted by Gasteiger charge is 2.53. The fourth-order valence-electron chi connectivity index (χ4n) is 1.13. The van der Waals surface area contributed by atoms with Crippen LogP contribution in [0.3, 0.4) is 0 Å². The zero-order valence-electron chi connectivity index (χ0n) is 8.33. The Morgan fingerprint density at radius 3 is 2.87 bits per heavy atom. The minimum absolute atomic E-state index is 0.0223. The van der Waals surface area contributed by atoms with Crippen molar-refractivity contribution in [3.8, 4) is 0 Å². The van der Waals surface area contributed by atoms with Crippen LogP contribution < -0.4 is 0 Å². The maximum Gasteiger partial charge on any atom is 0.572 e. The van der Waals surface area contributed by atoms with Gasteiger partial charge in [-0.3, -0.25) is 0 Å². The van der Waals surface area contributed by atoms with Crippen molar-refractivity contribution in [3.63, 3.8) is 0 Å². The van der Waals surface area contributed by atoms with Crippen LogP contribution in [0.1, 0.15) is 0 Å². The van der Waals surface area contributed by atoms with Crippen LogP contribution in [0.4, 0.5) is 0 Å². The van der Waals surface area contributed by atoms with E-state index in [2.05, 4.69) is 11.1 Å². The van der Waals surface area contributed by atoms with E-state index in [-0.39, 0.29) is 18.1 Å². The molecule has 88 valence electrons. The van der Waals surface area contributed by atoms with Gasteiger partial charge in [0.15, 0.2) is 15.9 Å². The Morgan fingerprint density at radius 2 is 2.40 bits per heavy atom. The molecule has 0 aromatic carbocycles. The van der Waals surface area contributed by atoms with Crippen LogP contribution in [0.2, 0.25) is 0 Å². The highest BCUT2D eigenvalue weighted by molar-refractivity contribution is 7.91. The van der Waals surface area contributed by atoms with Crippen molar-refractivity contribution in [2.75, 3.05) is 25.2 Å². The zero-order valence-corrected chi connectivity index (χ0v) is 10.0. The van der Waals surface area contributed by atoms with Gasteiger partial charge in [0.05, 0.1) is 18.6 Å². The average Bonchev–Trinajstić information content (AvgIpc) is 2.47. The van der Waals surface area contributed by atoms with Gasteiger partial charge in [0.1, 0.15) is 6.61 Å². The Morgan fingerprint density at radius 1 is 1.73 bits per heavy atom. The van der Waals surface area contributed by atoms with E-state index in [1.165, 1.54) is 13.2 Å².